The first-order valence-corrected chi connectivity index (χ1v) is 6.11. The summed E-state index contributed by atoms with van der Waals surface area (Å²) in [5.41, 5.74) is 1.84. The van der Waals surface area contributed by atoms with Gasteiger partial charge in [-0.15, -0.1) is 0 Å². The first kappa shape index (κ1) is 15.0. The molecule has 1 amide bonds. The van der Waals surface area contributed by atoms with Gasteiger partial charge in [0.15, 0.2) is 6.61 Å². The molecule has 104 valence electrons. The molecule has 1 aromatic carbocycles. The van der Waals surface area contributed by atoms with E-state index in [-0.39, 0.29) is 5.41 Å². The van der Waals surface area contributed by atoms with Crippen LogP contribution in [0.3, 0.4) is 0 Å². The molecule has 0 radical (unpaired) electrons. The van der Waals surface area contributed by atoms with Gasteiger partial charge >= 0.3 is 12.1 Å². The minimum Gasteiger partial charge on any atom is -0.479 e. The number of rotatable bonds is 5. The van der Waals surface area contributed by atoms with E-state index in [1.807, 2.05) is 12.1 Å². The van der Waals surface area contributed by atoms with Crippen molar-refractivity contribution >= 4 is 17.7 Å². The molecule has 19 heavy (non-hydrogen) atoms. The average Bonchev–Trinajstić information content (AvgIpc) is 2.37. The molecule has 0 spiro atoms. The predicted octanol–water partition coefficient (Wildman–Crippen LogP) is 3.01. The normalized spacial score (nSPS) is 10.9. The second-order valence-corrected chi connectivity index (χ2v) is 4.91. The maximum Gasteiger partial charge on any atom is 0.412 e. The molecule has 0 aromatic heterocycles. The Morgan fingerprint density at radius 2 is 1.84 bits per heavy atom. The van der Waals surface area contributed by atoms with Crippen molar-refractivity contribution in [2.75, 3.05) is 11.9 Å². The van der Waals surface area contributed by atoms with Crippen LogP contribution in [0.2, 0.25) is 0 Å². The molecular weight excluding hydrogens is 246 g/mol. The number of carboxylic acids is 1. The van der Waals surface area contributed by atoms with Crippen molar-refractivity contribution < 1.29 is 19.4 Å². The van der Waals surface area contributed by atoms with Crippen molar-refractivity contribution in [3.63, 3.8) is 0 Å². The van der Waals surface area contributed by atoms with Gasteiger partial charge in [0, 0.05) is 5.69 Å². The molecule has 0 heterocycles. The van der Waals surface area contributed by atoms with Gasteiger partial charge in [-0.05, 0) is 29.5 Å². The molecule has 0 aliphatic heterocycles. The largest absolute Gasteiger partial charge is 0.479 e. The third-order valence-electron chi connectivity index (χ3n) is 3.12. The number of amides is 1. The van der Waals surface area contributed by atoms with Gasteiger partial charge in [0.2, 0.25) is 0 Å². The summed E-state index contributed by atoms with van der Waals surface area (Å²) in [6.45, 7) is 5.77. The van der Waals surface area contributed by atoms with E-state index in [1.165, 1.54) is 5.56 Å². The van der Waals surface area contributed by atoms with Crippen LogP contribution in [0.4, 0.5) is 10.5 Å². The Morgan fingerprint density at radius 3 is 2.32 bits per heavy atom. The molecule has 2 N–H and O–H groups in total. The number of benzene rings is 1. The van der Waals surface area contributed by atoms with Crippen LogP contribution in [0.25, 0.3) is 0 Å². The Bertz CT molecular complexity index is 451. The van der Waals surface area contributed by atoms with E-state index >= 15 is 0 Å². The van der Waals surface area contributed by atoms with E-state index in [9.17, 15) is 9.59 Å². The molecule has 1 rings (SSSR count). The van der Waals surface area contributed by atoms with Crippen LogP contribution in [0, 0.1) is 0 Å². The Balaban J connectivity index is 2.62. The van der Waals surface area contributed by atoms with Gasteiger partial charge in [0.05, 0.1) is 0 Å². The quantitative estimate of drug-likeness (QED) is 0.858. The molecule has 0 saturated carbocycles. The smallest absolute Gasteiger partial charge is 0.412 e. The molecule has 0 fully saturated rings. The second kappa shape index (κ2) is 6.22. The Labute approximate surface area is 112 Å². The van der Waals surface area contributed by atoms with Crippen LogP contribution < -0.4 is 5.32 Å². The Morgan fingerprint density at radius 1 is 1.26 bits per heavy atom. The zero-order valence-corrected chi connectivity index (χ0v) is 11.4. The maximum absolute atomic E-state index is 11.3. The lowest BCUT2D eigenvalue weighted by Crippen LogP contribution is -2.19. The van der Waals surface area contributed by atoms with Crippen LogP contribution in [0.1, 0.15) is 32.8 Å². The Kier molecular flexibility index (Phi) is 4.92. The number of hydrogen-bond acceptors (Lipinski definition) is 3. The topological polar surface area (TPSA) is 75.6 Å². The fraction of sp³-hybridized carbons (Fsp3) is 0.429. The molecule has 0 aliphatic carbocycles. The van der Waals surface area contributed by atoms with Crippen molar-refractivity contribution in [2.24, 2.45) is 0 Å². The summed E-state index contributed by atoms with van der Waals surface area (Å²) in [6.07, 6.45) is 0.241. The van der Waals surface area contributed by atoms with E-state index in [2.05, 4.69) is 30.8 Å². The summed E-state index contributed by atoms with van der Waals surface area (Å²) in [7, 11) is 0. The zero-order chi connectivity index (χ0) is 14.5. The van der Waals surface area contributed by atoms with Crippen molar-refractivity contribution in [3.05, 3.63) is 29.8 Å². The SMILES string of the molecule is CCC(C)(C)c1ccc(NC(=O)OCC(=O)O)cc1. The lowest BCUT2D eigenvalue weighted by atomic mass is 9.82. The van der Waals surface area contributed by atoms with Crippen molar-refractivity contribution in [3.8, 4) is 0 Å². The zero-order valence-electron chi connectivity index (χ0n) is 11.4. The standard InChI is InChI=1S/C14H19NO4/c1-4-14(2,3)10-5-7-11(8-6-10)15-13(18)19-9-12(16)17/h5-8H,4,9H2,1-3H3,(H,15,18)(H,16,17). The molecule has 0 atom stereocenters. The van der Waals surface area contributed by atoms with Gasteiger partial charge in [-0.3, -0.25) is 5.32 Å². The highest BCUT2D eigenvalue weighted by atomic mass is 16.6. The number of anilines is 1. The lowest BCUT2D eigenvalue weighted by molar-refractivity contribution is -0.140. The predicted molar refractivity (Wildman–Crippen MR) is 72.4 cm³/mol. The number of ether oxygens (including phenoxy) is 1. The number of carboxylic acid groups (broad SMARTS) is 1. The fourth-order valence-electron chi connectivity index (χ4n) is 1.49. The third-order valence-corrected chi connectivity index (χ3v) is 3.12. The molecular formula is C14H19NO4. The molecule has 0 bridgehead atoms. The number of aliphatic carboxylic acids is 1. The minimum absolute atomic E-state index is 0.0857. The van der Waals surface area contributed by atoms with Gasteiger partial charge in [-0.25, -0.2) is 9.59 Å². The van der Waals surface area contributed by atoms with E-state index in [0.29, 0.717) is 5.69 Å². The third kappa shape index (κ3) is 4.62. The van der Waals surface area contributed by atoms with Crippen LogP contribution in [-0.2, 0) is 14.9 Å². The van der Waals surface area contributed by atoms with Crippen LogP contribution in [0.5, 0.6) is 0 Å². The molecule has 5 heteroatoms. The molecule has 0 unspecified atom stereocenters. The van der Waals surface area contributed by atoms with Gasteiger partial charge < -0.3 is 9.84 Å². The summed E-state index contributed by atoms with van der Waals surface area (Å²) >= 11 is 0. The van der Waals surface area contributed by atoms with E-state index < -0.39 is 18.7 Å². The monoisotopic (exact) mass is 265 g/mol. The van der Waals surface area contributed by atoms with E-state index in [0.717, 1.165) is 6.42 Å². The van der Waals surface area contributed by atoms with Crippen molar-refractivity contribution in [2.45, 2.75) is 32.6 Å². The van der Waals surface area contributed by atoms with Crippen molar-refractivity contribution in [1.29, 1.82) is 0 Å². The summed E-state index contributed by atoms with van der Waals surface area (Å²) < 4.78 is 4.48. The van der Waals surface area contributed by atoms with Crippen molar-refractivity contribution in [1.82, 2.24) is 0 Å². The van der Waals surface area contributed by atoms with Crippen LogP contribution in [0.15, 0.2) is 24.3 Å². The number of nitrogens with one attached hydrogen (secondary N) is 1. The summed E-state index contributed by atoms with van der Waals surface area (Å²) in [5, 5.41) is 10.8. The summed E-state index contributed by atoms with van der Waals surface area (Å²) in [6, 6.07) is 7.43. The maximum atomic E-state index is 11.3. The first-order chi connectivity index (χ1) is 8.85. The number of carbonyl (C=O) groups excluding carboxylic acids is 1. The number of hydrogen-bond donors (Lipinski definition) is 2. The minimum atomic E-state index is -1.19. The first-order valence-electron chi connectivity index (χ1n) is 6.11. The lowest BCUT2D eigenvalue weighted by Gasteiger charge is -2.23. The highest BCUT2D eigenvalue weighted by Crippen LogP contribution is 2.27. The number of carbonyl (C=O) groups is 2. The fourth-order valence-corrected chi connectivity index (χ4v) is 1.49. The molecule has 0 saturated heterocycles. The molecule has 1 aromatic rings. The molecule has 0 aliphatic rings. The van der Waals surface area contributed by atoms with Gasteiger partial charge in [0.25, 0.3) is 0 Å². The second-order valence-electron chi connectivity index (χ2n) is 4.91. The highest BCUT2D eigenvalue weighted by molar-refractivity contribution is 5.86. The van der Waals surface area contributed by atoms with Gasteiger partial charge in [-0.2, -0.15) is 0 Å². The molecule has 5 nitrogen and oxygen atoms in total. The average molecular weight is 265 g/mol. The highest BCUT2D eigenvalue weighted by Gasteiger charge is 2.17. The Hall–Kier alpha value is -2.04. The van der Waals surface area contributed by atoms with E-state index in [1.54, 1.807) is 12.1 Å². The summed E-state index contributed by atoms with van der Waals surface area (Å²) in [4.78, 5) is 21.5. The van der Waals surface area contributed by atoms with Crippen LogP contribution >= 0.6 is 0 Å². The van der Waals surface area contributed by atoms with E-state index in [4.69, 9.17) is 5.11 Å². The van der Waals surface area contributed by atoms with Gasteiger partial charge in [-0.1, -0.05) is 32.9 Å². The van der Waals surface area contributed by atoms with Gasteiger partial charge in [0.1, 0.15) is 0 Å². The van der Waals surface area contributed by atoms with Crippen LogP contribution in [-0.4, -0.2) is 23.8 Å². The summed E-state index contributed by atoms with van der Waals surface area (Å²) in [5.74, 6) is -1.19.